The first-order chi connectivity index (χ1) is 6.21. The van der Waals surface area contributed by atoms with Gasteiger partial charge in [0.15, 0.2) is 5.22 Å². The van der Waals surface area contributed by atoms with Crippen molar-refractivity contribution in [3.63, 3.8) is 0 Å². The van der Waals surface area contributed by atoms with Gasteiger partial charge in [-0.25, -0.2) is 0 Å². The van der Waals surface area contributed by atoms with Gasteiger partial charge in [-0.3, -0.25) is 0 Å². The van der Waals surface area contributed by atoms with Gasteiger partial charge in [0.1, 0.15) is 5.76 Å². The van der Waals surface area contributed by atoms with Crippen LogP contribution in [0.5, 0.6) is 0 Å². The summed E-state index contributed by atoms with van der Waals surface area (Å²) in [6.07, 6.45) is 5.69. The topological polar surface area (TPSA) is 39.2 Å². The Bertz CT molecular complexity index is 289. The molecule has 1 saturated carbocycles. The minimum atomic E-state index is -0.259. The second kappa shape index (κ2) is 3.35. The van der Waals surface area contributed by atoms with Crippen molar-refractivity contribution >= 4 is 11.6 Å². The number of hydrogen-bond acceptors (Lipinski definition) is 2. The smallest absolute Gasteiger partial charge is 0.193 e. The fraction of sp³-hybridized carbons (Fsp3) is 0.600. The molecule has 0 amide bonds. The standard InChI is InChI=1S/C10H14ClNO/c11-9-5-4-8(13-9)10(12)6-2-1-3-7-10/h4-5H,1-3,6-7,12H2. The van der Waals surface area contributed by atoms with E-state index in [1.165, 1.54) is 19.3 Å². The van der Waals surface area contributed by atoms with E-state index in [9.17, 15) is 0 Å². The van der Waals surface area contributed by atoms with Crippen LogP contribution in [0, 0.1) is 0 Å². The number of halogens is 1. The number of nitrogens with two attached hydrogens (primary N) is 1. The molecule has 1 aliphatic rings. The minimum absolute atomic E-state index is 0.259. The monoisotopic (exact) mass is 199 g/mol. The third kappa shape index (κ3) is 1.74. The molecule has 0 radical (unpaired) electrons. The number of hydrogen-bond donors (Lipinski definition) is 1. The van der Waals surface area contributed by atoms with Gasteiger partial charge >= 0.3 is 0 Å². The van der Waals surface area contributed by atoms with Gasteiger partial charge in [0.05, 0.1) is 5.54 Å². The lowest BCUT2D eigenvalue weighted by Gasteiger charge is -2.31. The molecule has 72 valence electrons. The van der Waals surface area contributed by atoms with E-state index in [1.807, 2.05) is 6.07 Å². The summed E-state index contributed by atoms with van der Waals surface area (Å²) < 4.78 is 5.37. The van der Waals surface area contributed by atoms with Crippen molar-refractivity contribution in [3.8, 4) is 0 Å². The molecule has 2 rings (SSSR count). The van der Waals surface area contributed by atoms with Crippen molar-refractivity contribution < 1.29 is 4.42 Å². The maximum Gasteiger partial charge on any atom is 0.193 e. The molecule has 1 aliphatic carbocycles. The molecular formula is C10H14ClNO. The van der Waals surface area contributed by atoms with Gasteiger partial charge in [-0.15, -0.1) is 0 Å². The van der Waals surface area contributed by atoms with E-state index in [1.54, 1.807) is 6.07 Å². The molecule has 0 atom stereocenters. The molecule has 1 fully saturated rings. The third-order valence-corrected chi connectivity index (χ3v) is 3.01. The molecule has 0 aliphatic heterocycles. The summed E-state index contributed by atoms with van der Waals surface area (Å²) in [4.78, 5) is 0. The Balaban J connectivity index is 2.22. The Morgan fingerprint density at radius 3 is 2.46 bits per heavy atom. The van der Waals surface area contributed by atoms with Crippen LogP contribution in [0.4, 0.5) is 0 Å². The Labute approximate surface area is 83.1 Å². The fourth-order valence-corrected chi connectivity index (χ4v) is 2.16. The van der Waals surface area contributed by atoms with Crippen molar-refractivity contribution in [2.24, 2.45) is 5.73 Å². The van der Waals surface area contributed by atoms with E-state index in [-0.39, 0.29) is 5.54 Å². The highest BCUT2D eigenvalue weighted by atomic mass is 35.5. The van der Waals surface area contributed by atoms with E-state index in [2.05, 4.69) is 0 Å². The molecule has 1 heterocycles. The molecule has 0 aromatic carbocycles. The SMILES string of the molecule is NC1(c2ccc(Cl)o2)CCCCC1. The third-order valence-electron chi connectivity index (χ3n) is 2.81. The van der Waals surface area contributed by atoms with Crippen LogP contribution in [0.15, 0.2) is 16.5 Å². The van der Waals surface area contributed by atoms with Crippen molar-refractivity contribution in [2.75, 3.05) is 0 Å². The van der Waals surface area contributed by atoms with Gasteiger partial charge in [-0.2, -0.15) is 0 Å². The Morgan fingerprint density at radius 2 is 1.92 bits per heavy atom. The molecule has 0 bridgehead atoms. The summed E-state index contributed by atoms with van der Waals surface area (Å²) in [6.45, 7) is 0. The predicted octanol–water partition coefficient (Wildman–Crippen LogP) is 3.05. The van der Waals surface area contributed by atoms with Crippen LogP contribution >= 0.6 is 11.6 Å². The van der Waals surface area contributed by atoms with E-state index in [0.29, 0.717) is 5.22 Å². The van der Waals surface area contributed by atoms with Crippen molar-refractivity contribution in [1.82, 2.24) is 0 Å². The van der Waals surface area contributed by atoms with Gasteiger partial charge in [-0.1, -0.05) is 19.3 Å². The average molecular weight is 200 g/mol. The molecule has 3 heteroatoms. The van der Waals surface area contributed by atoms with Crippen LogP contribution in [0.2, 0.25) is 5.22 Å². The van der Waals surface area contributed by atoms with Gasteiger partial charge in [0.2, 0.25) is 0 Å². The van der Waals surface area contributed by atoms with Gasteiger partial charge in [0.25, 0.3) is 0 Å². The average Bonchev–Trinajstić information content (AvgIpc) is 2.54. The summed E-state index contributed by atoms with van der Waals surface area (Å²) in [5.41, 5.74) is 5.98. The molecular weight excluding hydrogens is 186 g/mol. The number of rotatable bonds is 1. The van der Waals surface area contributed by atoms with Crippen LogP contribution in [-0.2, 0) is 5.54 Å². The van der Waals surface area contributed by atoms with Crippen molar-refractivity contribution in [1.29, 1.82) is 0 Å². The van der Waals surface area contributed by atoms with Crippen molar-refractivity contribution in [3.05, 3.63) is 23.1 Å². The maximum atomic E-state index is 6.24. The zero-order valence-corrected chi connectivity index (χ0v) is 8.31. The Kier molecular flexibility index (Phi) is 2.35. The van der Waals surface area contributed by atoms with Gasteiger partial charge in [0, 0.05) is 0 Å². The lowest BCUT2D eigenvalue weighted by atomic mass is 9.81. The lowest BCUT2D eigenvalue weighted by Crippen LogP contribution is -2.38. The summed E-state index contributed by atoms with van der Waals surface area (Å²) in [6, 6.07) is 3.66. The molecule has 2 nitrogen and oxygen atoms in total. The van der Waals surface area contributed by atoms with Crippen LogP contribution in [0.25, 0.3) is 0 Å². The molecule has 0 saturated heterocycles. The molecule has 1 aromatic rings. The molecule has 0 unspecified atom stereocenters. The van der Waals surface area contributed by atoms with Crippen LogP contribution < -0.4 is 5.73 Å². The summed E-state index contributed by atoms with van der Waals surface area (Å²) in [7, 11) is 0. The fourth-order valence-electron chi connectivity index (χ4n) is 2.01. The second-order valence-corrected chi connectivity index (χ2v) is 4.19. The molecule has 2 N–H and O–H groups in total. The zero-order valence-electron chi connectivity index (χ0n) is 7.55. The van der Waals surface area contributed by atoms with Gasteiger partial charge < -0.3 is 10.2 Å². The molecule has 13 heavy (non-hydrogen) atoms. The Morgan fingerprint density at radius 1 is 1.23 bits per heavy atom. The Hall–Kier alpha value is -0.470. The van der Waals surface area contributed by atoms with E-state index >= 15 is 0 Å². The van der Waals surface area contributed by atoms with Gasteiger partial charge in [-0.05, 0) is 36.6 Å². The molecule has 0 spiro atoms. The quantitative estimate of drug-likeness (QED) is 0.755. The maximum absolute atomic E-state index is 6.24. The normalized spacial score (nSPS) is 21.7. The first kappa shape index (κ1) is 9.10. The first-order valence-corrected chi connectivity index (χ1v) is 5.13. The number of furan rings is 1. The van der Waals surface area contributed by atoms with E-state index in [0.717, 1.165) is 18.6 Å². The summed E-state index contributed by atoms with van der Waals surface area (Å²) in [5, 5.41) is 0.436. The summed E-state index contributed by atoms with van der Waals surface area (Å²) in [5.74, 6) is 0.845. The van der Waals surface area contributed by atoms with E-state index < -0.39 is 0 Å². The van der Waals surface area contributed by atoms with Crippen LogP contribution in [0.1, 0.15) is 37.9 Å². The lowest BCUT2D eigenvalue weighted by molar-refractivity contribution is 0.252. The van der Waals surface area contributed by atoms with E-state index in [4.69, 9.17) is 21.8 Å². The first-order valence-electron chi connectivity index (χ1n) is 4.75. The van der Waals surface area contributed by atoms with Crippen LogP contribution in [-0.4, -0.2) is 0 Å². The zero-order chi connectivity index (χ0) is 9.31. The van der Waals surface area contributed by atoms with Crippen molar-refractivity contribution in [2.45, 2.75) is 37.6 Å². The largest absolute Gasteiger partial charge is 0.448 e. The summed E-state index contributed by atoms with van der Waals surface area (Å²) >= 11 is 5.72. The minimum Gasteiger partial charge on any atom is -0.448 e. The highest BCUT2D eigenvalue weighted by molar-refractivity contribution is 6.28. The predicted molar refractivity (Wildman–Crippen MR) is 52.7 cm³/mol. The highest BCUT2D eigenvalue weighted by Gasteiger charge is 2.32. The second-order valence-electron chi connectivity index (χ2n) is 3.82. The molecule has 1 aromatic heterocycles. The highest BCUT2D eigenvalue weighted by Crippen LogP contribution is 2.36. The van der Waals surface area contributed by atoms with Crippen LogP contribution in [0.3, 0.4) is 0 Å².